The molecule has 3 unspecified atom stereocenters. The Kier molecular flexibility index (Phi) is 4.44. The Bertz CT molecular complexity index is 362. The van der Waals surface area contributed by atoms with Gasteiger partial charge in [-0.1, -0.05) is 20.8 Å². The minimum absolute atomic E-state index is 0.417. The van der Waals surface area contributed by atoms with E-state index in [0.29, 0.717) is 6.04 Å². The van der Waals surface area contributed by atoms with Crippen molar-refractivity contribution in [3.63, 3.8) is 0 Å². The van der Waals surface area contributed by atoms with E-state index >= 15 is 0 Å². The molecule has 3 atom stereocenters. The van der Waals surface area contributed by atoms with E-state index in [1.807, 2.05) is 6.20 Å². The first-order valence-electron chi connectivity index (χ1n) is 7.32. The summed E-state index contributed by atoms with van der Waals surface area (Å²) in [6.45, 7) is 7.98. The van der Waals surface area contributed by atoms with Gasteiger partial charge in [-0.25, -0.2) is 4.98 Å². The summed E-state index contributed by atoms with van der Waals surface area (Å²) in [5.41, 5.74) is 0. The summed E-state index contributed by atoms with van der Waals surface area (Å²) >= 11 is 0. The van der Waals surface area contributed by atoms with Crippen LogP contribution >= 0.6 is 0 Å². The van der Waals surface area contributed by atoms with Crippen LogP contribution < -0.4 is 5.32 Å². The monoisotopic (exact) mass is 249 g/mol. The maximum absolute atomic E-state index is 4.56. The summed E-state index contributed by atoms with van der Waals surface area (Å²) in [6, 6.07) is 0.417. The molecule has 1 saturated carbocycles. The first-order valence-corrected chi connectivity index (χ1v) is 7.32. The zero-order chi connectivity index (χ0) is 13.1. The van der Waals surface area contributed by atoms with Crippen LogP contribution in [-0.2, 0) is 7.05 Å². The van der Waals surface area contributed by atoms with Crippen molar-refractivity contribution in [2.75, 3.05) is 6.54 Å². The van der Waals surface area contributed by atoms with Crippen molar-refractivity contribution in [2.24, 2.45) is 24.8 Å². The number of hydrogen-bond acceptors (Lipinski definition) is 2. The van der Waals surface area contributed by atoms with Crippen molar-refractivity contribution in [2.45, 2.75) is 46.1 Å². The van der Waals surface area contributed by atoms with Gasteiger partial charge in [0, 0.05) is 19.4 Å². The van der Waals surface area contributed by atoms with Crippen LogP contribution in [0.2, 0.25) is 0 Å². The van der Waals surface area contributed by atoms with E-state index in [1.165, 1.54) is 25.1 Å². The molecule has 1 aromatic heterocycles. The zero-order valence-electron chi connectivity index (χ0n) is 12.2. The van der Waals surface area contributed by atoms with Gasteiger partial charge >= 0.3 is 0 Å². The van der Waals surface area contributed by atoms with Gasteiger partial charge in [0.2, 0.25) is 0 Å². The van der Waals surface area contributed by atoms with Gasteiger partial charge in [-0.15, -0.1) is 0 Å². The van der Waals surface area contributed by atoms with Gasteiger partial charge in [-0.3, -0.25) is 0 Å². The van der Waals surface area contributed by atoms with Crippen molar-refractivity contribution in [3.05, 3.63) is 18.2 Å². The lowest BCUT2D eigenvalue weighted by Crippen LogP contribution is -2.34. The summed E-state index contributed by atoms with van der Waals surface area (Å²) in [5.74, 6) is 3.62. The lowest BCUT2D eigenvalue weighted by Gasteiger charge is -2.36. The average Bonchev–Trinajstić information content (AvgIpc) is 2.71. The Morgan fingerprint density at radius 2 is 2.00 bits per heavy atom. The second-order valence-corrected chi connectivity index (χ2v) is 6.11. The normalized spacial score (nSPS) is 30.3. The summed E-state index contributed by atoms with van der Waals surface area (Å²) in [5, 5.41) is 3.65. The summed E-state index contributed by atoms with van der Waals surface area (Å²) < 4.78 is 2.16. The minimum atomic E-state index is 0.417. The first kappa shape index (κ1) is 13.6. The number of aromatic nitrogens is 2. The van der Waals surface area contributed by atoms with Crippen LogP contribution in [0.1, 0.15) is 51.9 Å². The van der Waals surface area contributed by atoms with E-state index in [4.69, 9.17) is 0 Å². The third-order valence-electron chi connectivity index (χ3n) is 4.25. The second kappa shape index (κ2) is 5.87. The van der Waals surface area contributed by atoms with Crippen LogP contribution in [0.5, 0.6) is 0 Å². The molecule has 0 saturated heterocycles. The molecule has 2 rings (SSSR count). The van der Waals surface area contributed by atoms with Crippen LogP contribution in [-0.4, -0.2) is 16.1 Å². The SMILES string of the molecule is CCNC(c1nccn1C)C1CC(C)CC(C)C1. The number of aryl methyl sites for hydroxylation is 1. The zero-order valence-corrected chi connectivity index (χ0v) is 12.2. The lowest BCUT2D eigenvalue weighted by atomic mass is 9.73. The fourth-order valence-corrected chi connectivity index (χ4v) is 3.65. The highest BCUT2D eigenvalue weighted by Gasteiger charge is 2.32. The Morgan fingerprint density at radius 3 is 2.50 bits per heavy atom. The number of nitrogens with zero attached hydrogens (tertiary/aromatic N) is 2. The van der Waals surface area contributed by atoms with Gasteiger partial charge in [0.25, 0.3) is 0 Å². The van der Waals surface area contributed by atoms with Crippen LogP contribution in [0.25, 0.3) is 0 Å². The topological polar surface area (TPSA) is 29.9 Å². The van der Waals surface area contributed by atoms with Gasteiger partial charge in [0.05, 0.1) is 6.04 Å². The lowest BCUT2D eigenvalue weighted by molar-refractivity contribution is 0.172. The molecule has 3 nitrogen and oxygen atoms in total. The van der Waals surface area contributed by atoms with Gasteiger partial charge in [-0.05, 0) is 43.6 Å². The predicted molar refractivity (Wildman–Crippen MR) is 75.3 cm³/mol. The number of nitrogens with one attached hydrogen (secondary N) is 1. The quantitative estimate of drug-likeness (QED) is 0.888. The molecule has 0 bridgehead atoms. The molecule has 1 heterocycles. The van der Waals surface area contributed by atoms with E-state index in [-0.39, 0.29) is 0 Å². The molecule has 0 aromatic carbocycles. The molecule has 1 aromatic rings. The first-order chi connectivity index (χ1) is 8.61. The summed E-state index contributed by atoms with van der Waals surface area (Å²) in [6.07, 6.45) is 8.00. The largest absolute Gasteiger partial charge is 0.337 e. The van der Waals surface area contributed by atoms with Gasteiger partial charge < -0.3 is 9.88 Å². The summed E-state index contributed by atoms with van der Waals surface area (Å²) in [4.78, 5) is 4.56. The molecule has 0 spiro atoms. The van der Waals surface area contributed by atoms with Crippen molar-refractivity contribution in [1.29, 1.82) is 0 Å². The molecule has 1 aliphatic carbocycles. The minimum Gasteiger partial charge on any atom is -0.337 e. The highest BCUT2D eigenvalue weighted by atomic mass is 15.1. The molecule has 0 amide bonds. The second-order valence-electron chi connectivity index (χ2n) is 6.11. The highest BCUT2D eigenvalue weighted by molar-refractivity contribution is 5.02. The van der Waals surface area contributed by atoms with E-state index in [0.717, 1.165) is 24.3 Å². The molecule has 0 aliphatic heterocycles. The molecule has 1 N–H and O–H groups in total. The standard InChI is InChI=1S/C15H27N3/c1-5-16-14(15-17-6-7-18(15)4)13-9-11(2)8-12(3)10-13/h6-7,11-14,16H,5,8-10H2,1-4H3. The molecule has 1 aliphatic rings. The van der Waals surface area contributed by atoms with E-state index in [1.54, 1.807) is 0 Å². The van der Waals surface area contributed by atoms with Crippen molar-refractivity contribution in [1.82, 2.24) is 14.9 Å². The molecule has 3 heteroatoms. The van der Waals surface area contributed by atoms with Crippen molar-refractivity contribution >= 4 is 0 Å². The van der Waals surface area contributed by atoms with E-state index in [9.17, 15) is 0 Å². The Morgan fingerprint density at radius 1 is 1.33 bits per heavy atom. The molecule has 18 heavy (non-hydrogen) atoms. The van der Waals surface area contributed by atoms with Crippen LogP contribution in [0.4, 0.5) is 0 Å². The number of rotatable bonds is 4. The third kappa shape index (κ3) is 2.94. The Balaban J connectivity index is 2.17. The van der Waals surface area contributed by atoms with Gasteiger partial charge in [0.1, 0.15) is 5.82 Å². The number of imidazole rings is 1. The highest BCUT2D eigenvalue weighted by Crippen LogP contribution is 2.39. The average molecular weight is 249 g/mol. The molecular formula is C15H27N3. The smallest absolute Gasteiger partial charge is 0.125 e. The predicted octanol–water partition coefficient (Wildman–Crippen LogP) is 3.14. The van der Waals surface area contributed by atoms with Crippen molar-refractivity contribution in [3.8, 4) is 0 Å². The fraction of sp³-hybridized carbons (Fsp3) is 0.800. The Labute approximate surface area is 111 Å². The molecule has 102 valence electrons. The van der Waals surface area contributed by atoms with E-state index < -0.39 is 0 Å². The van der Waals surface area contributed by atoms with Crippen molar-refractivity contribution < 1.29 is 0 Å². The maximum Gasteiger partial charge on any atom is 0.125 e. The summed E-state index contributed by atoms with van der Waals surface area (Å²) in [7, 11) is 2.10. The third-order valence-corrected chi connectivity index (χ3v) is 4.25. The fourth-order valence-electron chi connectivity index (χ4n) is 3.65. The molecule has 1 fully saturated rings. The molecule has 0 radical (unpaired) electrons. The van der Waals surface area contributed by atoms with Gasteiger partial charge in [-0.2, -0.15) is 0 Å². The number of hydrogen-bond donors (Lipinski definition) is 1. The Hall–Kier alpha value is -0.830. The van der Waals surface area contributed by atoms with Crippen LogP contribution in [0.15, 0.2) is 12.4 Å². The van der Waals surface area contributed by atoms with Gasteiger partial charge in [0.15, 0.2) is 0 Å². The molecular weight excluding hydrogens is 222 g/mol. The van der Waals surface area contributed by atoms with Crippen LogP contribution in [0, 0.1) is 17.8 Å². The maximum atomic E-state index is 4.56. The van der Waals surface area contributed by atoms with Crippen LogP contribution in [0.3, 0.4) is 0 Å². The van der Waals surface area contributed by atoms with E-state index in [2.05, 4.69) is 48.9 Å².